The molecule has 0 amide bonds. The molecule has 7 aromatic rings. The highest BCUT2D eigenvalue weighted by atomic mass is 16.5. The molecule has 0 N–H and O–H groups in total. The number of para-hydroxylation sites is 2. The zero-order valence-corrected chi connectivity index (χ0v) is 35.0. The summed E-state index contributed by atoms with van der Waals surface area (Å²) in [6.45, 7) is 12.5. The van der Waals surface area contributed by atoms with Crippen LogP contribution in [0.3, 0.4) is 0 Å². The Morgan fingerprint density at radius 3 is 1.45 bits per heavy atom. The molecular weight excluding hydrogens is 765 g/mol. The summed E-state index contributed by atoms with van der Waals surface area (Å²) in [6.07, 6.45) is 11.8. The second kappa shape index (κ2) is 16.6. The number of benzene rings is 4. The molecule has 10 atom stereocenters. The summed E-state index contributed by atoms with van der Waals surface area (Å²) in [7, 11) is 0. The van der Waals surface area contributed by atoms with Gasteiger partial charge in [-0.2, -0.15) is 9.97 Å². The minimum Gasteiger partial charge on any atom is -0.467 e. The Morgan fingerprint density at radius 1 is 0.548 bits per heavy atom. The fourth-order valence-corrected chi connectivity index (χ4v) is 11.2. The van der Waals surface area contributed by atoms with Gasteiger partial charge in [-0.1, -0.05) is 109 Å². The number of pyridine rings is 2. The second-order valence-corrected chi connectivity index (χ2v) is 17.7. The molecule has 0 spiro atoms. The van der Waals surface area contributed by atoms with Gasteiger partial charge >= 0.3 is 0 Å². The molecule has 6 fully saturated rings. The lowest BCUT2D eigenvalue weighted by Gasteiger charge is -2.51. The molecule has 8 heteroatoms. The molecule has 6 saturated heterocycles. The lowest BCUT2D eigenvalue weighted by Crippen LogP contribution is -2.55. The van der Waals surface area contributed by atoms with Crippen LogP contribution in [0.25, 0.3) is 44.3 Å². The van der Waals surface area contributed by atoms with Crippen LogP contribution in [-0.2, 0) is 0 Å². The Bertz CT molecular complexity index is 2590. The van der Waals surface area contributed by atoms with E-state index in [1.54, 1.807) is 0 Å². The number of aromatic nitrogens is 4. The number of hydrogen-bond donors (Lipinski definition) is 0. The van der Waals surface area contributed by atoms with Crippen LogP contribution in [0.15, 0.2) is 159 Å². The number of fused-ring (bicyclic) bond motifs is 8. The Labute approximate surface area is 364 Å². The molecule has 8 nitrogen and oxygen atoms in total. The highest BCUT2D eigenvalue weighted by molar-refractivity contribution is 5.84. The van der Waals surface area contributed by atoms with Crippen molar-refractivity contribution in [1.29, 1.82) is 0 Å². The molecule has 6 aliphatic rings. The normalized spacial score (nSPS) is 26.2. The molecule has 4 aromatic carbocycles. The van der Waals surface area contributed by atoms with Crippen molar-refractivity contribution in [2.45, 2.75) is 50.0 Å². The van der Waals surface area contributed by atoms with Crippen molar-refractivity contribution >= 4 is 21.8 Å². The Kier molecular flexibility index (Phi) is 10.3. The molecule has 13 rings (SSSR count). The summed E-state index contributed by atoms with van der Waals surface area (Å²) in [5.41, 5.74) is 6.67. The average molecular weight is 817 g/mol. The first-order chi connectivity index (χ1) is 30.6. The van der Waals surface area contributed by atoms with Gasteiger partial charge < -0.3 is 9.47 Å². The van der Waals surface area contributed by atoms with E-state index in [0.717, 1.165) is 101 Å². The fourth-order valence-electron chi connectivity index (χ4n) is 11.2. The summed E-state index contributed by atoms with van der Waals surface area (Å²) >= 11 is 0. The topological polar surface area (TPSA) is 76.5 Å². The van der Waals surface area contributed by atoms with Crippen LogP contribution in [0, 0.1) is 23.7 Å². The summed E-state index contributed by atoms with van der Waals surface area (Å²) in [4.78, 5) is 25.7. The van der Waals surface area contributed by atoms with Gasteiger partial charge in [0.25, 0.3) is 0 Å². The summed E-state index contributed by atoms with van der Waals surface area (Å²) < 4.78 is 15.4. The van der Waals surface area contributed by atoms with E-state index in [-0.39, 0.29) is 24.3 Å². The first-order valence-corrected chi connectivity index (χ1v) is 22.4. The number of rotatable bonds is 12. The van der Waals surface area contributed by atoms with Crippen molar-refractivity contribution in [2.24, 2.45) is 23.7 Å². The van der Waals surface area contributed by atoms with E-state index < -0.39 is 0 Å². The maximum Gasteiger partial charge on any atom is 0.229 e. The molecule has 6 aliphatic heterocycles. The maximum absolute atomic E-state index is 7.68. The van der Waals surface area contributed by atoms with Crippen molar-refractivity contribution in [3.63, 3.8) is 0 Å². The number of ether oxygens (including phenoxy) is 2. The lowest BCUT2D eigenvalue weighted by molar-refractivity contribution is -0.0388. The second-order valence-electron chi connectivity index (χ2n) is 17.7. The van der Waals surface area contributed by atoms with E-state index in [1.807, 2.05) is 36.7 Å². The van der Waals surface area contributed by atoms with Crippen molar-refractivity contribution < 1.29 is 9.47 Å². The van der Waals surface area contributed by atoms with Gasteiger partial charge in [-0.25, -0.2) is 0 Å². The molecule has 0 saturated carbocycles. The van der Waals surface area contributed by atoms with Gasteiger partial charge in [0.05, 0.1) is 23.1 Å². The lowest BCUT2D eigenvalue weighted by atomic mass is 9.73. The van der Waals surface area contributed by atoms with Gasteiger partial charge in [-0.3, -0.25) is 19.8 Å². The van der Waals surface area contributed by atoms with Crippen LogP contribution >= 0.6 is 0 Å². The van der Waals surface area contributed by atoms with E-state index in [0.29, 0.717) is 41.3 Å². The van der Waals surface area contributed by atoms with Gasteiger partial charge in [0.2, 0.25) is 11.8 Å². The highest BCUT2D eigenvalue weighted by Crippen LogP contribution is 2.49. The number of hydrogen-bond acceptors (Lipinski definition) is 8. The van der Waals surface area contributed by atoms with Gasteiger partial charge in [0, 0.05) is 52.9 Å². The van der Waals surface area contributed by atoms with Crippen molar-refractivity contribution in [3.8, 4) is 34.3 Å². The van der Waals surface area contributed by atoms with Crippen LogP contribution in [-0.4, -0.2) is 68.0 Å². The third-order valence-corrected chi connectivity index (χ3v) is 14.4. The maximum atomic E-state index is 7.68. The molecule has 310 valence electrons. The smallest absolute Gasteiger partial charge is 0.229 e. The molecule has 0 aliphatic carbocycles. The van der Waals surface area contributed by atoms with Crippen molar-refractivity contribution in [2.75, 3.05) is 26.2 Å². The Morgan fingerprint density at radius 2 is 1.00 bits per heavy atom. The summed E-state index contributed by atoms with van der Waals surface area (Å²) in [5, 5.41) is 2.17. The summed E-state index contributed by atoms with van der Waals surface area (Å²) in [5.74, 6) is 3.57. The van der Waals surface area contributed by atoms with Crippen LogP contribution < -0.4 is 9.47 Å². The molecule has 9 heterocycles. The zero-order chi connectivity index (χ0) is 41.6. The molecule has 3 aromatic heterocycles. The molecule has 0 radical (unpaired) electrons. The van der Waals surface area contributed by atoms with Gasteiger partial charge in [-0.05, 0) is 92.3 Å². The average Bonchev–Trinajstić information content (AvgIpc) is 3.35. The number of nitrogens with zero attached hydrogens (tertiary/aromatic N) is 6. The van der Waals surface area contributed by atoms with Crippen LogP contribution in [0.2, 0.25) is 0 Å². The minimum atomic E-state index is -0.360. The third-order valence-electron chi connectivity index (χ3n) is 14.4. The standard InChI is InChI=1S/C54H52N6O2/c1-3-35-33-59-29-25-39(35)31-47(59)50(43-23-27-55-45-21-13-11-19-41(43)45)61-53-49(37-15-7-5-8-16-37)54(58-52(57-53)38-17-9-6-10-18-38)62-51(44-24-28-56-46-22-14-12-20-42(44)46)48-32-40-26-30-60(48)34-36(40)4-2/h3-24,27-28,35-36,39-40,47-48,50-51H,1-2,25-26,29-34H2/t35-,36-,39-,40-,47+,48+,50-,51-/m0/s1. The first kappa shape index (κ1) is 38.7. The molecule has 4 bridgehead atoms. The van der Waals surface area contributed by atoms with Crippen molar-refractivity contribution in [1.82, 2.24) is 29.7 Å². The fraction of sp³-hybridized carbons (Fsp3) is 0.296. The largest absolute Gasteiger partial charge is 0.467 e. The third kappa shape index (κ3) is 7.05. The van der Waals surface area contributed by atoms with E-state index in [2.05, 4.69) is 132 Å². The summed E-state index contributed by atoms with van der Waals surface area (Å²) in [6, 6.07) is 42.0. The van der Waals surface area contributed by atoms with Gasteiger partial charge in [-0.15, -0.1) is 13.2 Å². The van der Waals surface area contributed by atoms with Crippen LogP contribution in [0.1, 0.15) is 49.0 Å². The monoisotopic (exact) mass is 816 g/mol. The number of piperidine rings is 6. The van der Waals surface area contributed by atoms with E-state index in [9.17, 15) is 0 Å². The SMILES string of the molecule is C=C[C@H]1CN2CC[C@H]1C[C@@H]2[C@@H](Oc1nc(-c2ccccc2)nc(O[C@@H](c2ccnc3ccccc23)[C@H]2C[C@@H]3CCN2C[C@@H]3C=C)c1-c1ccccc1)c1ccnc2ccccc12. The highest BCUT2D eigenvalue weighted by Gasteiger charge is 2.46. The van der Waals surface area contributed by atoms with Gasteiger partial charge in [0.1, 0.15) is 17.8 Å². The Hall–Kier alpha value is -6.22. The molecule has 2 unspecified atom stereocenters. The van der Waals surface area contributed by atoms with Crippen LogP contribution in [0.4, 0.5) is 0 Å². The Balaban J connectivity index is 1.12. The van der Waals surface area contributed by atoms with E-state index >= 15 is 0 Å². The predicted molar refractivity (Wildman–Crippen MR) is 247 cm³/mol. The molecular formula is C54H52N6O2. The molecule has 62 heavy (non-hydrogen) atoms. The quantitative estimate of drug-likeness (QED) is 0.113. The minimum absolute atomic E-state index is 0.109. The van der Waals surface area contributed by atoms with Gasteiger partial charge in [0.15, 0.2) is 5.82 Å². The van der Waals surface area contributed by atoms with E-state index in [1.165, 1.54) is 0 Å². The predicted octanol–water partition coefficient (Wildman–Crippen LogP) is 10.9. The first-order valence-electron chi connectivity index (χ1n) is 22.4. The van der Waals surface area contributed by atoms with Crippen molar-refractivity contribution in [3.05, 3.63) is 170 Å². The van der Waals surface area contributed by atoms with Crippen LogP contribution in [0.5, 0.6) is 11.8 Å². The van der Waals surface area contributed by atoms with E-state index in [4.69, 9.17) is 29.4 Å². The zero-order valence-electron chi connectivity index (χ0n) is 35.0.